The van der Waals surface area contributed by atoms with Gasteiger partial charge in [0.1, 0.15) is 0 Å². The highest BCUT2D eigenvalue weighted by Crippen LogP contribution is 2.16. The minimum Gasteiger partial charge on any atom is -0.384 e. The maximum absolute atomic E-state index is 3.50. The van der Waals surface area contributed by atoms with E-state index >= 15 is 0 Å². The quantitative estimate of drug-likeness (QED) is 0.659. The zero-order valence-corrected chi connectivity index (χ0v) is 11.7. The molecule has 0 radical (unpaired) electrons. The molecule has 1 aromatic rings. The Bertz CT molecular complexity index is 321. The molecule has 0 aliphatic carbocycles. The summed E-state index contributed by atoms with van der Waals surface area (Å²) in [5, 5.41) is 3.50. The van der Waals surface area contributed by atoms with E-state index < -0.39 is 0 Å². The van der Waals surface area contributed by atoms with Crippen LogP contribution >= 0.6 is 22.6 Å². The van der Waals surface area contributed by atoms with E-state index in [0.717, 1.165) is 6.54 Å². The number of nitrogens with one attached hydrogen (secondary N) is 1. The topological polar surface area (TPSA) is 15.3 Å². The smallest absolute Gasteiger partial charge is 0.0475 e. The van der Waals surface area contributed by atoms with Crippen molar-refractivity contribution in [2.75, 3.05) is 31.5 Å². The lowest BCUT2D eigenvalue weighted by atomic mass is 10.3. The van der Waals surface area contributed by atoms with Crippen molar-refractivity contribution in [1.82, 2.24) is 4.90 Å². The molecule has 0 aromatic heterocycles. The SMILES string of the molecule is Ic1ccccc1NCCCN1CCCC1. The summed E-state index contributed by atoms with van der Waals surface area (Å²) in [5.41, 5.74) is 1.27. The molecule has 1 heterocycles. The predicted octanol–water partition coefficient (Wildman–Crippen LogP) is 3.19. The van der Waals surface area contributed by atoms with Crippen molar-refractivity contribution < 1.29 is 0 Å². The molecular weight excluding hydrogens is 311 g/mol. The number of hydrogen-bond acceptors (Lipinski definition) is 2. The Balaban J connectivity index is 1.66. The van der Waals surface area contributed by atoms with Gasteiger partial charge in [0.2, 0.25) is 0 Å². The van der Waals surface area contributed by atoms with E-state index in [9.17, 15) is 0 Å². The highest BCUT2D eigenvalue weighted by Gasteiger charge is 2.09. The van der Waals surface area contributed by atoms with Crippen LogP contribution in [0.4, 0.5) is 5.69 Å². The maximum atomic E-state index is 3.50. The Morgan fingerprint density at radius 1 is 1.19 bits per heavy atom. The number of nitrogens with zero attached hydrogens (tertiary/aromatic N) is 1. The molecule has 1 saturated heterocycles. The van der Waals surface area contributed by atoms with Crippen LogP contribution in [0.5, 0.6) is 0 Å². The molecule has 0 spiro atoms. The Morgan fingerprint density at radius 3 is 2.69 bits per heavy atom. The second-order valence-corrected chi connectivity index (χ2v) is 5.47. The predicted molar refractivity (Wildman–Crippen MR) is 77.9 cm³/mol. The average Bonchev–Trinajstić information content (AvgIpc) is 2.79. The summed E-state index contributed by atoms with van der Waals surface area (Å²) in [5.74, 6) is 0. The largest absolute Gasteiger partial charge is 0.384 e. The van der Waals surface area contributed by atoms with Crippen molar-refractivity contribution in [3.8, 4) is 0 Å². The van der Waals surface area contributed by atoms with Gasteiger partial charge in [-0.15, -0.1) is 0 Å². The molecule has 1 aliphatic heterocycles. The Hall–Kier alpha value is -0.290. The van der Waals surface area contributed by atoms with Crippen LogP contribution in [0.15, 0.2) is 24.3 Å². The minimum absolute atomic E-state index is 1.08. The Labute approximate surface area is 112 Å². The standard InChI is InChI=1S/C13H19IN2/c14-12-6-1-2-7-13(12)15-8-5-11-16-9-3-4-10-16/h1-2,6-7,15H,3-5,8-11H2. The lowest BCUT2D eigenvalue weighted by Gasteiger charge is -2.15. The van der Waals surface area contributed by atoms with Crippen LogP contribution in [-0.2, 0) is 0 Å². The molecule has 3 heteroatoms. The van der Waals surface area contributed by atoms with Gasteiger partial charge in [0.15, 0.2) is 0 Å². The van der Waals surface area contributed by atoms with Gasteiger partial charge in [0, 0.05) is 15.8 Å². The zero-order valence-electron chi connectivity index (χ0n) is 9.58. The average molecular weight is 330 g/mol. The third-order valence-electron chi connectivity index (χ3n) is 3.04. The first-order valence-corrected chi connectivity index (χ1v) is 7.15. The third kappa shape index (κ3) is 3.63. The van der Waals surface area contributed by atoms with Gasteiger partial charge >= 0.3 is 0 Å². The van der Waals surface area contributed by atoms with Gasteiger partial charge in [-0.25, -0.2) is 0 Å². The van der Waals surface area contributed by atoms with Crippen molar-refractivity contribution in [1.29, 1.82) is 0 Å². The third-order valence-corrected chi connectivity index (χ3v) is 3.98. The number of halogens is 1. The molecule has 2 nitrogen and oxygen atoms in total. The molecule has 1 aliphatic rings. The van der Waals surface area contributed by atoms with Crippen LogP contribution < -0.4 is 5.32 Å². The summed E-state index contributed by atoms with van der Waals surface area (Å²) in [6.45, 7) is 4.94. The number of hydrogen-bond donors (Lipinski definition) is 1. The maximum Gasteiger partial charge on any atom is 0.0475 e. The van der Waals surface area contributed by atoms with E-state index in [2.05, 4.69) is 57.1 Å². The summed E-state index contributed by atoms with van der Waals surface area (Å²) in [4.78, 5) is 2.57. The summed E-state index contributed by atoms with van der Waals surface area (Å²) in [6.07, 6.45) is 4.03. The van der Waals surface area contributed by atoms with Crippen LogP contribution in [0.3, 0.4) is 0 Å². The molecular formula is C13H19IN2. The van der Waals surface area contributed by atoms with Crippen LogP contribution in [0, 0.1) is 3.57 Å². The fourth-order valence-corrected chi connectivity index (χ4v) is 2.71. The zero-order chi connectivity index (χ0) is 11.2. The van der Waals surface area contributed by atoms with Crippen LogP contribution in [0.2, 0.25) is 0 Å². The van der Waals surface area contributed by atoms with Crippen LogP contribution in [-0.4, -0.2) is 31.1 Å². The van der Waals surface area contributed by atoms with Gasteiger partial charge < -0.3 is 10.2 Å². The fourth-order valence-electron chi connectivity index (χ4n) is 2.14. The first-order chi connectivity index (χ1) is 7.86. The van der Waals surface area contributed by atoms with E-state index in [1.165, 1.54) is 48.2 Å². The van der Waals surface area contributed by atoms with Gasteiger partial charge in [-0.05, 0) is 73.6 Å². The molecule has 1 N–H and O–H groups in total. The monoisotopic (exact) mass is 330 g/mol. The minimum atomic E-state index is 1.08. The second-order valence-electron chi connectivity index (χ2n) is 4.31. The van der Waals surface area contributed by atoms with Gasteiger partial charge in [0.05, 0.1) is 0 Å². The van der Waals surface area contributed by atoms with Crippen molar-refractivity contribution in [3.63, 3.8) is 0 Å². The van der Waals surface area contributed by atoms with Gasteiger partial charge in [-0.1, -0.05) is 12.1 Å². The Morgan fingerprint density at radius 2 is 1.94 bits per heavy atom. The van der Waals surface area contributed by atoms with Gasteiger partial charge in [-0.3, -0.25) is 0 Å². The van der Waals surface area contributed by atoms with Crippen LogP contribution in [0.1, 0.15) is 19.3 Å². The number of anilines is 1. The number of para-hydroxylation sites is 1. The molecule has 0 atom stereocenters. The molecule has 1 aromatic carbocycles. The van der Waals surface area contributed by atoms with Gasteiger partial charge in [0.25, 0.3) is 0 Å². The van der Waals surface area contributed by atoms with E-state index in [4.69, 9.17) is 0 Å². The molecule has 1 fully saturated rings. The van der Waals surface area contributed by atoms with Crippen molar-refractivity contribution in [3.05, 3.63) is 27.8 Å². The first-order valence-electron chi connectivity index (χ1n) is 6.07. The summed E-state index contributed by atoms with van der Waals surface area (Å²) >= 11 is 2.38. The highest BCUT2D eigenvalue weighted by atomic mass is 127. The summed E-state index contributed by atoms with van der Waals surface area (Å²) in [6, 6.07) is 8.46. The molecule has 0 bridgehead atoms. The Kier molecular flexibility index (Phi) is 4.91. The van der Waals surface area contributed by atoms with Crippen molar-refractivity contribution in [2.45, 2.75) is 19.3 Å². The molecule has 88 valence electrons. The van der Waals surface area contributed by atoms with Crippen molar-refractivity contribution in [2.24, 2.45) is 0 Å². The fraction of sp³-hybridized carbons (Fsp3) is 0.538. The number of likely N-dealkylation sites (tertiary alicyclic amines) is 1. The van der Waals surface area contributed by atoms with Crippen LogP contribution in [0.25, 0.3) is 0 Å². The van der Waals surface area contributed by atoms with E-state index in [0.29, 0.717) is 0 Å². The molecule has 0 saturated carbocycles. The first kappa shape index (κ1) is 12.2. The number of rotatable bonds is 5. The molecule has 2 rings (SSSR count). The van der Waals surface area contributed by atoms with E-state index in [-0.39, 0.29) is 0 Å². The lowest BCUT2D eigenvalue weighted by Crippen LogP contribution is -2.22. The van der Waals surface area contributed by atoms with Crippen molar-refractivity contribution >= 4 is 28.3 Å². The number of benzene rings is 1. The summed E-state index contributed by atoms with van der Waals surface area (Å²) in [7, 11) is 0. The molecule has 0 unspecified atom stereocenters. The van der Waals surface area contributed by atoms with Gasteiger partial charge in [-0.2, -0.15) is 0 Å². The highest BCUT2D eigenvalue weighted by molar-refractivity contribution is 14.1. The summed E-state index contributed by atoms with van der Waals surface area (Å²) < 4.78 is 1.31. The molecule has 0 amide bonds. The second kappa shape index (κ2) is 6.45. The van der Waals surface area contributed by atoms with E-state index in [1.54, 1.807) is 0 Å². The van der Waals surface area contributed by atoms with E-state index in [1.807, 2.05) is 0 Å². The molecule has 16 heavy (non-hydrogen) atoms. The normalized spacial score (nSPS) is 16.6. The lowest BCUT2D eigenvalue weighted by molar-refractivity contribution is 0.337.